The van der Waals surface area contributed by atoms with Gasteiger partial charge in [-0.05, 0) is 32.9 Å². The number of hydrogen-bond donors (Lipinski definition) is 4. The Labute approximate surface area is 208 Å². The van der Waals surface area contributed by atoms with Gasteiger partial charge in [0.2, 0.25) is 0 Å². The molecule has 36 heavy (non-hydrogen) atoms. The first-order valence-corrected chi connectivity index (χ1v) is 11.8. The van der Waals surface area contributed by atoms with Gasteiger partial charge in [0.25, 0.3) is 0 Å². The molecule has 0 fully saturated rings. The Balaban J connectivity index is 1.72. The van der Waals surface area contributed by atoms with Crippen molar-refractivity contribution in [3.05, 3.63) is 69.4 Å². The number of allylic oxidation sites excluding steroid dienone is 3. The van der Waals surface area contributed by atoms with Gasteiger partial charge in [0.1, 0.15) is 45.3 Å². The average Bonchev–Trinajstić information content (AvgIpc) is 3.10. The molecule has 0 spiro atoms. The van der Waals surface area contributed by atoms with Crippen molar-refractivity contribution in [3.8, 4) is 17.2 Å². The van der Waals surface area contributed by atoms with Crippen molar-refractivity contribution >= 4 is 35.1 Å². The lowest BCUT2D eigenvalue weighted by atomic mass is 9.71. The van der Waals surface area contributed by atoms with E-state index >= 15 is 0 Å². The van der Waals surface area contributed by atoms with Crippen LogP contribution in [0.5, 0.6) is 17.2 Å². The number of carbonyl (C=O) groups is 4. The van der Waals surface area contributed by atoms with Crippen molar-refractivity contribution in [2.24, 2.45) is 0 Å². The molecule has 10 nitrogen and oxygen atoms in total. The average molecular weight is 512 g/mol. The summed E-state index contributed by atoms with van der Waals surface area (Å²) >= 11 is 1.06. The number of carboxylic acid groups (broad SMARTS) is 1. The smallest absolute Gasteiger partial charge is 0.337 e. The molecule has 2 aliphatic rings. The number of aliphatic hydroxyl groups excluding tert-OH is 1. The number of thioether (sulfide) groups is 1. The van der Waals surface area contributed by atoms with Crippen molar-refractivity contribution in [3.63, 3.8) is 0 Å². The third-order valence-corrected chi connectivity index (χ3v) is 7.22. The van der Waals surface area contributed by atoms with Crippen LogP contribution in [0, 0.1) is 6.92 Å². The summed E-state index contributed by atoms with van der Waals surface area (Å²) in [5.74, 6) is -5.34. The maximum absolute atomic E-state index is 13.3. The summed E-state index contributed by atoms with van der Waals surface area (Å²) in [6.45, 7) is 3.88. The van der Waals surface area contributed by atoms with Crippen LogP contribution >= 0.6 is 11.8 Å². The van der Waals surface area contributed by atoms with Crippen LogP contribution in [0.2, 0.25) is 0 Å². The van der Waals surface area contributed by atoms with E-state index in [1.807, 2.05) is 0 Å². The van der Waals surface area contributed by atoms with Gasteiger partial charge in [-0.15, -0.1) is 11.8 Å². The molecule has 11 heteroatoms. The molecule has 1 aromatic carbocycles. The fraction of sp³-hybridized carbons (Fsp3) is 0.240. The SMILES string of the molecule is CC(=O)C1=C(O)C=C2Oc3c(C(=O)CSCc4ncccc4C(=O)O)c(O)c(C)c(O)c3[C@@]2(C)C1=O. The molecular formula is C25H21NO9S. The molecule has 186 valence electrons. The fourth-order valence-corrected chi connectivity index (χ4v) is 5.20. The molecule has 1 atom stereocenters. The van der Waals surface area contributed by atoms with Crippen LogP contribution in [0.4, 0.5) is 0 Å². The Morgan fingerprint density at radius 2 is 1.86 bits per heavy atom. The van der Waals surface area contributed by atoms with Crippen LogP contribution in [0.25, 0.3) is 0 Å². The number of pyridine rings is 1. The van der Waals surface area contributed by atoms with Crippen molar-refractivity contribution in [2.75, 3.05) is 5.75 Å². The second-order valence-electron chi connectivity index (χ2n) is 8.50. The molecule has 2 heterocycles. The lowest BCUT2D eigenvalue weighted by Gasteiger charge is -2.28. The quantitative estimate of drug-likeness (QED) is 0.318. The standard InChI is InChI=1S/C25H21NO9S/c1-10-20(30)18(15(29)9-36-8-13-12(24(33)34)5-4-6-26-13)22-19(21(10)31)25(3)16(35-22)7-14(28)17(11(2)27)23(25)32/h4-7,28,30-31H,8-9H2,1-3H3,(H,33,34)/t25-/m0/s1. The number of carboxylic acids is 1. The number of nitrogens with zero attached hydrogens (tertiary/aromatic N) is 1. The monoisotopic (exact) mass is 511 g/mol. The first kappa shape index (κ1) is 25.0. The molecule has 1 aliphatic carbocycles. The zero-order chi connectivity index (χ0) is 26.5. The number of fused-ring (bicyclic) bond motifs is 3. The van der Waals surface area contributed by atoms with Gasteiger partial charge in [-0.2, -0.15) is 0 Å². The zero-order valence-corrected chi connectivity index (χ0v) is 20.2. The van der Waals surface area contributed by atoms with E-state index in [1.54, 1.807) is 0 Å². The number of ketones is 3. The summed E-state index contributed by atoms with van der Waals surface area (Å²) in [6.07, 6.45) is 2.52. The van der Waals surface area contributed by atoms with Crippen molar-refractivity contribution < 1.29 is 44.3 Å². The molecule has 0 bridgehead atoms. The number of phenolic OH excluding ortho intramolecular Hbond substituents is 2. The zero-order valence-electron chi connectivity index (χ0n) is 19.4. The van der Waals surface area contributed by atoms with Crippen LogP contribution in [-0.4, -0.2) is 54.5 Å². The van der Waals surface area contributed by atoms with Crippen LogP contribution < -0.4 is 4.74 Å². The number of hydrogen-bond acceptors (Lipinski definition) is 10. The van der Waals surface area contributed by atoms with Crippen LogP contribution in [0.1, 0.15) is 51.4 Å². The van der Waals surface area contributed by atoms with Crippen LogP contribution in [-0.2, 0) is 20.8 Å². The third-order valence-electron chi connectivity index (χ3n) is 6.27. The summed E-state index contributed by atoms with van der Waals surface area (Å²) in [4.78, 5) is 54.0. The Morgan fingerprint density at radius 1 is 1.17 bits per heavy atom. The van der Waals surface area contributed by atoms with Crippen molar-refractivity contribution in [1.82, 2.24) is 4.98 Å². The van der Waals surface area contributed by atoms with Crippen LogP contribution in [0.15, 0.2) is 41.5 Å². The number of carbonyl (C=O) groups excluding carboxylic acids is 3. The molecule has 1 aromatic heterocycles. The van der Waals surface area contributed by atoms with E-state index in [-0.39, 0.29) is 51.0 Å². The summed E-state index contributed by atoms with van der Waals surface area (Å²) < 4.78 is 5.76. The predicted molar refractivity (Wildman–Crippen MR) is 128 cm³/mol. The Bertz CT molecular complexity index is 1440. The summed E-state index contributed by atoms with van der Waals surface area (Å²) in [6, 6.07) is 2.88. The number of phenols is 2. The fourth-order valence-electron chi connectivity index (χ4n) is 4.35. The number of ether oxygens (including phenoxy) is 1. The van der Waals surface area contributed by atoms with E-state index < -0.39 is 51.6 Å². The van der Waals surface area contributed by atoms with Gasteiger partial charge in [-0.25, -0.2) is 4.79 Å². The van der Waals surface area contributed by atoms with Gasteiger partial charge >= 0.3 is 5.97 Å². The Hall–Kier alpha value is -4.12. The second-order valence-corrected chi connectivity index (χ2v) is 9.49. The number of aliphatic hydroxyl groups is 1. The highest BCUT2D eigenvalue weighted by Gasteiger charge is 2.55. The van der Waals surface area contributed by atoms with Gasteiger partial charge in [0, 0.05) is 23.6 Å². The molecule has 2 aromatic rings. The lowest BCUT2D eigenvalue weighted by molar-refractivity contribution is -0.123. The topological polar surface area (TPSA) is 171 Å². The van der Waals surface area contributed by atoms with E-state index in [9.17, 15) is 39.6 Å². The van der Waals surface area contributed by atoms with E-state index in [0.717, 1.165) is 24.8 Å². The molecule has 4 N–H and O–H groups in total. The molecular weight excluding hydrogens is 490 g/mol. The second kappa shape index (κ2) is 8.83. The van der Waals surface area contributed by atoms with Gasteiger partial charge in [-0.1, -0.05) is 0 Å². The maximum Gasteiger partial charge on any atom is 0.337 e. The number of aromatic carboxylic acids is 1. The molecule has 4 rings (SSSR count). The Kier molecular flexibility index (Phi) is 6.13. The number of aromatic hydroxyl groups is 2. The number of benzene rings is 1. The normalized spacial score (nSPS) is 18.3. The minimum atomic E-state index is -1.71. The van der Waals surface area contributed by atoms with Gasteiger partial charge in [0.15, 0.2) is 17.3 Å². The molecule has 0 radical (unpaired) electrons. The highest BCUT2D eigenvalue weighted by molar-refractivity contribution is 7.99. The molecule has 0 unspecified atom stereocenters. The largest absolute Gasteiger partial charge is 0.507 e. The van der Waals surface area contributed by atoms with E-state index in [1.165, 1.54) is 32.2 Å². The summed E-state index contributed by atoms with van der Waals surface area (Å²) in [5.41, 5.74) is -2.34. The van der Waals surface area contributed by atoms with Crippen molar-refractivity contribution in [1.29, 1.82) is 0 Å². The minimum absolute atomic E-state index is 0.000955. The first-order chi connectivity index (χ1) is 16.9. The van der Waals surface area contributed by atoms with E-state index in [4.69, 9.17) is 4.74 Å². The lowest BCUT2D eigenvalue weighted by Crippen LogP contribution is -2.38. The minimum Gasteiger partial charge on any atom is -0.507 e. The van der Waals surface area contributed by atoms with Crippen molar-refractivity contribution in [2.45, 2.75) is 31.9 Å². The van der Waals surface area contributed by atoms with Gasteiger partial charge in [0.05, 0.1) is 22.6 Å². The molecule has 0 saturated carbocycles. The molecule has 0 saturated heterocycles. The molecule has 0 amide bonds. The predicted octanol–water partition coefficient (Wildman–Crippen LogP) is 3.13. The third kappa shape index (κ3) is 3.63. The summed E-state index contributed by atoms with van der Waals surface area (Å²) in [7, 11) is 0. The number of rotatable bonds is 7. The number of aromatic nitrogens is 1. The highest BCUT2D eigenvalue weighted by atomic mass is 32.2. The van der Waals surface area contributed by atoms with Crippen LogP contribution in [0.3, 0.4) is 0 Å². The Morgan fingerprint density at radius 3 is 2.50 bits per heavy atom. The van der Waals surface area contributed by atoms with Gasteiger partial charge < -0.3 is 25.2 Å². The summed E-state index contributed by atoms with van der Waals surface area (Å²) in [5, 5.41) is 41.2. The van der Waals surface area contributed by atoms with Gasteiger partial charge in [-0.3, -0.25) is 19.4 Å². The first-order valence-electron chi connectivity index (χ1n) is 10.7. The number of Topliss-reactive ketones (excluding diaryl/α,β-unsaturated/α-hetero) is 3. The van der Waals surface area contributed by atoms with E-state index in [0.29, 0.717) is 0 Å². The highest BCUT2D eigenvalue weighted by Crippen LogP contribution is 2.57. The van der Waals surface area contributed by atoms with E-state index in [2.05, 4.69) is 4.98 Å². The molecule has 1 aliphatic heterocycles. The maximum atomic E-state index is 13.3.